The van der Waals surface area contributed by atoms with Crippen LogP contribution in [0.1, 0.15) is 32.4 Å². The van der Waals surface area contributed by atoms with Gasteiger partial charge in [0.2, 0.25) is 0 Å². The van der Waals surface area contributed by atoms with Crippen LogP contribution in [0.25, 0.3) is 0 Å². The monoisotopic (exact) mass is 270 g/mol. The van der Waals surface area contributed by atoms with Crippen LogP contribution >= 0.6 is 15.9 Å². The Kier molecular flexibility index (Phi) is 5.26. The first-order chi connectivity index (χ1) is 7.17. The second kappa shape index (κ2) is 6.23. The molecule has 1 aromatic heterocycles. The van der Waals surface area contributed by atoms with Crippen molar-refractivity contribution >= 4 is 15.9 Å². The maximum absolute atomic E-state index is 6.16. The van der Waals surface area contributed by atoms with E-state index in [2.05, 4.69) is 34.8 Å². The zero-order chi connectivity index (χ0) is 11.3. The SMILES string of the molecule is CCC(CC)C(N)Cc1ccc(Br)cn1. The molecule has 0 fully saturated rings. The second-order valence-corrected chi connectivity index (χ2v) is 4.83. The Morgan fingerprint density at radius 2 is 2.00 bits per heavy atom. The van der Waals surface area contributed by atoms with Crippen LogP contribution in [-0.4, -0.2) is 11.0 Å². The lowest BCUT2D eigenvalue weighted by atomic mass is 9.91. The van der Waals surface area contributed by atoms with Crippen molar-refractivity contribution in [3.8, 4) is 0 Å². The van der Waals surface area contributed by atoms with Crippen LogP contribution in [0, 0.1) is 5.92 Å². The summed E-state index contributed by atoms with van der Waals surface area (Å²) in [5, 5.41) is 0. The van der Waals surface area contributed by atoms with Crippen LogP contribution < -0.4 is 5.73 Å². The molecule has 1 rings (SSSR count). The Bertz CT molecular complexity index is 280. The third-order valence-electron chi connectivity index (χ3n) is 2.89. The summed E-state index contributed by atoms with van der Waals surface area (Å²) in [5.74, 6) is 0.607. The van der Waals surface area contributed by atoms with E-state index in [0.29, 0.717) is 5.92 Å². The van der Waals surface area contributed by atoms with Gasteiger partial charge in [-0.3, -0.25) is 4.98 Å². The highest BCUT2D eigenvalue weighted by Gasteiger charge is 2.14. The molecule has 0 aromatic carbocycles. The van der Waals surface area contributed by atoms with Crippen LogP contribution in [0.15, 0.2) is 22.8 Å². The fraction of sp³-hybridized carbons (Fsp3) is 0.583. The molecule has 0 bridgehead atoms. The van der Waals surface area contributed by atoms with E-state index >= 15 is 0 Å². The summed E-state index contributed by atoms with van der Waals surface area (Å²) < 4.78 is 1.02. The molecule has 1 unspecified atom stereocenters. The van der Waals surface area contributed by atoms with Gasteiger partial charge in [0.05, 0.1) is 0 Å². The quantitative estimate of drug-likeness (QED) is 0.893. The molecular formula is C12H19BrN2. The summed E-state index contributed by atoms with van der Waals surface area (Å²) in [7, 11) is 0. The molecule has 1 aromatic rings. The van der Waals surface area contributed by atoms with Crippen LogP contribution in [0.2, 0.25) is 0 Å². The highest BCUT2D eigenvalue weighted by molar-refractivity contribution is 9.10. The van der Waals surface area contributed by atoms with E-state index in [-0.39, 0.29) is 6.04 Å². The number of hydrogen-bond acceptors (Lipinski definition) is 2. The van der Waals surface area contributed by atoms with Gasteiger partial charge in [0.25, 0.3) is 0 Å². The number of nitrogens with two attached hydrogens (primary N) is 1. The topological polar surface area (TPSA) is 38.9 Å². The zero-order valence-electron chi connectivity index (χ0n) is 9.41. The molecule has 2 nitrogen and oxygen atoms in total. The molecule has 84 valence electrons. The maximum atomic E-state index is 6.16. The molecule has 2 N–H and O–H groups in total. The standard InChI is InChI=1S/C12H19BrN2/c1-3-9(4-2)12(14)7-11-6-5-10(13)8-15-11/h5-6,8-9,12H,3-4,7,14H2,1-2H3. The number of nitrogens with zero attached hydrogens (tertiary/aromatic N) is 1. The smallest absolute Gasteiger partial charge is 0.0420 e. The van der Waals surface area contributed by atoms with Crippen LogP contribution in [0.3, 0.4) is 0 Å². The van der Waals surface area contributed by atoms with E-state index in [9.17, 15) is 0 Å². The molecule has 3 heteroatoms. The summed E-state index contributed by atoms with van der Waals surface area (Å²) in [6, 6.07) is 4.28. The summed E-state index contributed by atoms with van der Waals surface area (Å²) in [6.07, 6.45) is 5.00. The zero-order valence-corrected chi connectivity index (χ0v) is 11.0. The van der Waals surface area contributed by atoms with Gasteiger partial charge in [0.1, 0.15) is 0 Å². The molecule has 0 saturated heterocycles. The fourth-order valence-electron chi connectivity index (χ4n) is 1.83. The predicted octanol–water partition coefficient (Wildman–Crippen LogP) is 3.15. The van der Waals surface area contributed by atoms with Crippen LogP contribution in [0.4, 0.5) is 0 Å². The fourth-order valence-corrected chi connectivity index (χ4v) is 2.06. The molecule has 0 saturated carbocycles. The molecule has 0 radical (unpaired) electrons. The van der Waals surface area contributed by atoms with Crippen LogP contribution in [-0.2, 0) is 6.42 Å². The first kappa shape index (κ1) is 12.7. The van der Waals surface area contributed by atoms with Gasteiger partial charge in [-0.1, -0.05) is 26.7 Å². The summed E-state index contributed by atoms with van der Waals surface area (Å²) >= 11 is 3.37. The van der Waals surface area contributed by atoms with Gasteiger partial charge < -0.3 is 5.73 Å². The van der Waals surface area contributed by atoms with Gasteiger partial charge in [0.15, 0.2) is 0 Å². The van der Waals surface area contributed by atoms with Crippen molar-refractivity contribution in [1.29, 1.82) is 0 Å². The Hall–Kier alpha value is -0.410. The summed E-state index contributed by atoms with van der Waals surface area (Å²) in [4.78, 5) is 4.34. The van der Waals surface area contributed by atoms with Gasteiger partial charge in [0, 0.05) is 28.8 Å². The van der Waals surface area contributed by atoms with Gasteiger partial charge in [-0.25, -0.2) is 0 Å². The van der Waals surface area contributed by atoms with Crippen molar-refractivity contribution in [2.45, 2.75) is 39.2 Å². The van der Waals surface area contributed by atoms with Crippen molar-refractivity contribution in [3.63, 3.8) is 0 Å². The molecule has 0 spiro atoms. The minimum Gasteiger partial charge on any atom is -0.327 e. The number of pyridine rings is 1. The number of halogens is 1. The van der Waals surface area contributed by atoms with E-state index in [0.717, 1.165) is 29.4 Å². The molecule has 15 heavy (non-hydrogen) atoms. The van der Waals surface area contributed by atoms with E-state index in [1.807, 2.05) is 18.3 Å². The number of aromatic nitrogens is 1. The van der Waals surface area contributed by atoms with Crippen molar-refractivity contribution in [1.82, 2.24) is 4.98 Å². The average molecular weight is 271 g/mol. The normalized spacial score (nSPS) is 13.1. The van der Waals surface area contributed by atoms with Crippen molar-refractivity contribution in [2.75, 3.05) is 0 Å². The van der Waals surface area contributed by atoms with E-state index in [4.69, 9.17) is 5.73 Å². The average Bonchev–Trinajstić information content (AvgIpc) is 2.23. The van der Waals surface area contributed by atoms with Crippen molar-refractivity contribution < 1.29 is 0 Å². The minimum absolute atomic E-state index is 0.230. The number of hydrogen-bond donors (Lipinski definition) is 1. The minimum atomic E-state index is 0.230. The molecule has 0 aliphatic heterocycles. The summed E-state index contributed by atoms with van der Waals surface area (Å²) in [5.41, 5.74) is 7.24. The Morgan fingerprint density at radius 3 is 2.47 bits per heavy atom. The summed E-state index contributed by atoms with van der Waals surface area (Å²) in [6.45, 7) is 4.39. The molecule has 0 aliphatic rings. The molecule has 0 aliphatic carbocycles. The third kappa shape index (κ3) is 3.92. The molecule has 1 atom stereocenters. The van der Waals surface area contributed by atoms with Gasteiger partial charge in [-0.2, -0.15) is 0 Å². The highest BCUT2D eigenvalue weighted by atomic mass is 79.9. The van der Waals surface area contributed by atoms with E-state index in [1.54, 1.807) is 0 Å². The lowest BCUT2D eigenvalue weighted by Crippen LogP contribution is -2.31. The molecular weight excluding hydrogens is 252 g/mol. The van der Waals surface area contributed by atoms with E-state index < -0.39 is 0 Å². The van der Waals surface area contributed by atoms with Crippen molar-refractivity contribution in [2.24, 2.45) is 11.7 Å². The highest BCUT2D eigenvalue weighted by Crippen LogP contribution is 2.15. The largest absolute Gasteiger partial charge is 0.327 e. The Balaban J connectivity index is 2.57. The lowest BCUT2D eigenvalue weighted by molar-refractivity contribution is 0.391. The van der Waals surface area contributed by atoms with Gasteiger partial charge in [-0.15, -0.1) is 0 Å². The van der Waals surface area contributed by atoms with E-state index in [1.165, 1.54) is 0 Å². The second-order valence-electron chi connectivity index (χ2n) is 3.91. The lowest BCUT2D eigenvalue weighted by Gasteiger charge is -2.20. The third-order valence-corrected chi connectivity index (χ3v) is 3.36. The molecule has 1 heterocycles. The number of rotatable bonds is 5. The molecule has 0 amide bonds. The van der Waals surface area contributed by atoms with Gasteiger partial charge >= 0.3 is 0 Å². The van der Waals surface area contributed by atoms with Crippen molar-refractivity contribution in [3.05, 3.63) is 28.5 Å². The van der Waals surface area contributed by atoms with Crippen LogP contribution in [0.5, 0.6) is 0 Å². The first-order valence-electron chi connectivity index (χ1n) is 5.53. The maximum Gasteiger partial charge on any atom is 0.0420 e. The Labute approximate surface area is 100 Å². The predicted molar refractivity (Wildman–Crippen MR) is 67.7 cm³/mol. The van der Waals surface area contributed by atoms with Gasteiger partial charge in [-0.05, 0) is 34.0 Å². The first-order valence-corrected chi connectivity index (χ1v) is 6.32. The Morgan fingerprint density at radius 1 is 1.33 bits per heavy atom.